The Bertz CT molecular complexity index is 1420. The van der Waals surface area contributed by atoms with E-state index >= 15 is 0 Å². The molecule has 0 saturated carbocycles. The Morgan fingerprint density at radius 1 is 1.08 bits per heavy atom. The number of nitrogens with one attached hydrogen (secondary N) is 2. The summed E-state index contributed by atoms with van der Waals surface area (Å²) in [5.74, 6) is 0.262. The fraction of sp³-hybridized carbons (Fsp3) is 0.172. The van der Waals surface area contributed by atoms with Crippen molar-refractivity contribution in [3.8, 4) is 17.6 Å². The maximum absolute atomic E-state index is 13.1. The Morgan fingerprint density at radius 2 is 1.89 bits per heavy atom. The van der Waals surface area contributed by atoms with Crippen LogP contribution in [-0.4, -0.2) is 24.0 Å². The van der Waals surface area contributed by atoms with Crippen LogP contribution in [0.15, 0.2) is 78.5 Å². The van der Waals surface area contributed by atoms with Gasteiger partial charge in [-0.25, -0.2) is 4.39 Å². The van der Waals surface area contributed by atoms with Crippen LogP contribution in [0.2, 0.25) is 0 Å². The van der Waals surface area contributed by atoms with E-state index in [1.807, 2.05) is 43.5 Å². The topological polar surface area (TPSA) is 87.1 Å². The van der Waals surface area contributed by atoms with Crippen molar-refractivity contribution in [1.82, 2.24) is 10.3 Å². The van der Waals surface area contributed by atoms with E-state index in [2.05, 4.69) is 10.3 Å². The number of hydrogen-bond acceptors (Lipinski definition) is 4. The quantitative estimate of drug-likeness (QED) is 0.229. The van der Waals surface area contributed by atoms with E-state index < -0.39 is 5.91 Å². The minimum Gasteiger partial charge on any atom is -0.490 e. The van der Waals surface area contributed by atoms with Crippen molar-refractivity contribution in [2.45, 2.75) is 20.0 Å². The van der Waals surface area contributed by atoms with Crippen LogP contribution < -0.4 is 14.8 Å². The Hall–Kier alpha value is -4.57. The zero-order valence-corrected chi connectivity index (χ0v) is 19.9. The van der Waals surface area contributed by atoms with E-state index in [9.17, 15) is 14.4 Å². The predicted molar refractivity (Wildman–Crippen MR) is 137 cm³/mol. The Morgan fingerprint density at radius 3 is 2.67 bits per heavy atom. The third kappa shape index (κ3) is 6.10. The monoisotopic (exact) mass is 483 g/mol. The summed E-state index contributed by atoms with van der Waals surface area (Å²) in [7, 11) is 0. The van der Waals surface area contributed by atoms with Gasteiger partial charge in [-0.05, 0) is 66.4 Å². The van der Waals surface area contributed by atoms with Crippen molar-refractivity contribution in [2.75, 3.05) is 13.2 Å². The molecule has 4 rings (SSSR count). The molecule has 0 atom stereocenters. The summed E-state index contributed by atoms with van der Waals surface area (Å²) >= 11 is 0. The van der Waals surface area contributed by atoms with Crippen molar-refractivity contribution in [1.29, 1.82) is 5.26 Å². The summed E-state index contributed by atoms with van der Waals surface area (Å²) in [6.07, 6.45) is 4.10. The SMILES string of the molecule is CCOc1cc(/C=C(/C#N)C(=O)NCCc2c[nH]c3ccccc23)ccc1OCc1ccc(F)cc1. The average Bonchev–Trinajstić information content (AvgIpc) is 3.31. The second kappa shape index (κ2) is 11.7. The van der Waals surface area contributed by atoms with Gasteiger partial charge in [-0.3, -0.25) is 4.79 Å². The lowest BCUT2D eigenvalue weighted by Gasteiger charge is -2.13. The zero-order valence-electron chi connectivity index (χ0n) is 19.9. The lowest BCUT2D eigenvalue weighted by molar-refractivity contribution is -0.117. The van der Waals surface area contributed by atoms with Gasteiger partial charge in [0.15, 0.2) is 11.5 Å². The number of para-hydroxylation sites is 1. The molecule has 36 heavy (non-hydrogen) atoms. The van der Waals surface area contributed by atoms with E-state index in [0.717, 1.165) is 22.0 Å². The highest BCUT2D eigenvalue weighted by molar-refractivity contribution is 6.01. The molecule has 2 N–H and O–H groups in total. The molecule has 0 saturated heterocycles. The first-order chi connectivity index (χ1) is 17.6. The Balaban J connectivity index is 1.41. The smallest absolute Gasteiger partial charge is 0.261 e. The third-order valence-corrected chi connectivity index (χ3v) is 5.61. The number of aromatic amines is 1. The standard InChI is InChI=1S/C29H26FN3O3/c1-2-35-28-16-21(9-12-27(28)36-19-20-7-10-24(30)11-8-20)15-23(17-31)29(34)32-14-13-22-18-33-26-6-4-3-5-25(22)26/h3-12,15-16,18,33H,2,13-14,19H2,1H3,(H,32,34)/b23-15-. The van der Waals surface area contributed by atoms with Crippen LogP contribution in [0.4, 0.5) is 4.39 Å². The number of amides is 1. The minimum absolute atomic E-state index is 0.00337. The molecule has 0 spiro atoms. The minimum atomic E-state index is -0.438. The largest absolute Gasteiger partial charge is 0.490 e. The molecule has 182 valence electrons. The second-order valence-corrected chi connectivity index (χ2v) is 8.09. The van der Waals surface area contributed by atoms with Crippen LogP contribution in [-0.2, 0) is 17.8 Å². The van der Waals surface area contributed by atoms with E-state index in [1.165, 1.54) is 18.2 Å². The van der Waals surface area contributed by atoms with Gasteiger partial charge in [-0.1, -0.05) is 36.4 Å². The molecule has 7 heteroatoms. The number of rotatable bonds is 10. The Labute approximate surface area is 209 Å². The molecule has 0 aliphatic heterocycles. The summed E-state index contributed by atoms with van der Waals surface area (Å²) in [6.45, 7) is 2.92. The fourth-order valence-electron chi connectivity index (χ4n) is 3.80. The van der Waals surface area contributed by atoms with Crippen molar-refractivity contribution in [3.63, 3.8) is 0 Å². The average molecular weight is 484 g/mol. The number of hydrogen-bond donors (Lipinski definition) is 2. The number of carbonyl (C=O) groups excluding carboxylic acids is 1. The van der Waals surface area contributed by atoms with Gasteiger partial charge >= 0.3 is 0 Å². The number of nitriles is 1. The molecule has 6 nitrogen and oxygen atoms in total. The molecule has 3 aromatic carbocycles. The van der Waals surface area contributed by atoms with Crippen LogP contribution >= 0.6 is 0 Å². The summed E-state index contributed by atoms with van der Waals surface area (Å²) < 4.78 is 24.7. The van der Waals surface area contributed by atoms with Crippen LogP contribution in [0.1, 0.15) is 23.6 Å². The van der Waals surface area contributed by atoms with E-state index in [4.69, 9.17) is 9.47 Å². The number of benzene rings is 3. The lowest BCUT2D eigenvalue weighted by Crippen LogP contribution is -2.26. The third-order valence-electron chi connectivity index (χ3n) is 5.61. The molecular weight excluding hydrogens is 457 g/mol. The van der Waals surface area contributed by atoms with Crippen molar-refractivity contribution >= 4 is 22.9 Å². The number of fused-ring (bicyclic) bond motifs is 1. The van der Waals surface area contributed by atoms with Gasteiger partial charge in [0.2, 0.25) is 0 Å². The van der Waals surface area contributed by atoms with Gasteiger partial charge in [-0.15, -0.1) is 0 Å². The normalized spacial score (nSPS) is 11.2. The molecule has 4 aromatic rings. The summed E-state index contributed by atoms with van der Waals surface area (Å²) in [6, 6.07) is 21.2. The van der Waals surface area contributed by atoms with Gasteiger partial charge in [0.25, 0.3) is 5.91 Å². The van der Waals surface area contributed by atoms with E-state index in [-0.39, 0.29) is 18.0 Å². The summed E-state index contributed by atoms with van der Waals surface area (Å²) in [5.41, 5.74) is 3.60. The molecule has 0 aliphatic rings. The number of ether oxygens (including phenoxy) is 2. The van der Waals surface area contributed by atoms with Gasteiger partial charge in [0.1, 0.15) is 24.1 Å². The molecule has 1 aromatic heterocycles. The first-order valence-electron chi connectivity index (χ1n) is 11.7. The maximum Gasteiger partial charge on any atom is 0.261 e. The van der Waals surface area contributed by atoms with Crippen molar-refractivity contribution in [2.24, 2.45) is 0 Å². The number of nitrogens with zero attached hydrogens (tertiary/aromatic N) is 1. The van der Waals surface area contributed by atoms with Crippen LogP contribution in [0.3, 0.4) is 0 Å². The van der Waals surface area contributed by atoms with E-state index in [0.29, 0.717) is 36.6 Å². The molecule has 1 amide bonds. The maximum atomic E-state index is 13.1. The predicted octanol–water partition coefficient (Wildman–Crippen LogP) is 5.55. The molecule has 0 fully saturated rings. The molecular formula is C29H26FN3O3. The van der Waals surface area contributed by atoms with Crippen molar-refractivity contribution < 1.29 is 18.7 Å². The highest BCUT2D eigenvalue weighted by Crippen LogP contribution is 2.30. The molecule has 0 radical (unpaired) electrons. The van der Waals surface area contributed by atoms with Crippen molar-refractivity contribution in [3.05, 3.63) is 101 Å². The molecule has 0 unspecified atom stereocenters. The second-order valence-electron chi connectivity index (χ2n) is 8.09. The Kier molecular flexibility index (Phi) is 7.99. The number of aromatic nitrogens is 1. The molecule has 1 heterocycles. The van der Waals surface area contributed by atoms with Gasteiger partial charge < -0.3 is 19.8 Å². The number of carbonyl (C=O) groups is 1. The first-order valence-corrected chi connectivity index (χ1v) is 11.7. The van der Waals surface area contributed by atoms with E-state index in [1.54, 1.807) is 30.3 Å². The fourth-order valence-corrected chi connectivity index (χ4v) is 3.80. The van der Waals surface area contributed by atoms with Gasteiger partial charge in [0, 0.05) is 23.6 Å². The van der Waals surface area contributed by atoms with Gasteiger partial charge in [-0.2, -0.15) is 5.26 Å². The highest BCUT2D eigenvalue weighted by Gasteiger charge is 2.12. The molecule has 0 bridgehead atoms. The first kappa shape index (κ1) is 24.6. The van der Waals surface area contributed by atoms with Crippen LogP contribution in [0.5, 0.6) is 11.5 Å². The number of H-pyrrole nitrogens is 1. The molecule has 0 aliphatic carbocycles. The van der Waals surface area contributed by atoms with Crippen LogP contribution in [0, 0.1) is 17.1 Å². The number of halogens is 1. The summed E-state index contributed by atoms with van der Waals surface area (Å²) in [5, 5.41) is 13.5. The van der Waals surface area contributed by atoms with Gasteiger partial charge in [0.05, 0.1) is 6.61 Å². The highest BCUT2D eigenvalue weighted by atomic mass is 19.1. The zero-order chi connectivity index (χ0) is 25.3. The van der Waals surface area contributed by atoms with Crippen LogP contribution in [0.25, 0.3) is 17.0 Å². The lowest BCUT2D eigenvalue weighted by atomic mass is 10.1. The summed E-state index contributed by atoms with van der Waals surface area (Å²) in [4.78, 5) is 15.9.